The van der Waals surface area contributed by atoms with E-state index in [1.165, 1.54) is 0 Å². The van der Waals surface area contributed by atoms with E-state index in [4.69, 9.17) is 9.47 Å². The molecule has 0 aromatic carbocycles. The molecule has 1 saturated heterocycles. The zero-order valence-electron chi connectivity index (χ0n) is 7.71. The fraction of sp³-hybridized carbons (Fsp3) is 0.889. The highest BCUT2D eigenvalue weighted by atomic mass is 16.6. The van der Waals surface area contributed by atoms with Gasteiger partial charge in [-0.15, -0.1) is 0 Å². The van der Waals surface area contributed by atoms with Gasteiger partial charge in [-0.1, -0.05) is 13.8 Å². The van der Waals surface area contributed by atoms with Gasteiger partial charge in [-0.25, -0.2) is 4.79 Å². The normalized spacial score (nSPS) is 23.1. The summed E-state index contributed by atoms with van der Waals surface area (Å²) in [6, 6.07) is 0. The SMILES string of the molecule is CC(C)COC(=O)[C@H]1CCCO1. The summed E-state index contributed by atoms with van der Waals surface area (Å²) in [7, 11) is 0. The molecule has 0 spiro atoms. The van der Waals surface area contributed by atoms with Crippen molar-refractivity contribution in [2.24, 2.45) is 5.92 Å². The molecule has 1 aliphatic heterocycles. The molecule has 0 N–H and O–H groups in total. The van der Waals surface area contributed by atoms with E-state index < -0.39 is 0 Å². The van der Waals surface area contributed by atoms with E-state index in [0.29, 0.717) is 19.1 Å². The van der Waals surface area contributed by atoms with Crippen molar-refractivity contribution in [2.75, 3.05) is 13.2 Å². The van der Waals surface area contributed by atoms with Gasteiger partial charge in [-0.3, -0.25) is 0 Å². The van der Waals surface area contributed by atoms with Crippen molar-refractivity contribution in [3.63, 3.8) is 0 Å². The molecule has 70 valence electrons. The van der Waals surface area contributed by atoms with Crippen LogP contribution < -0.4 is 0 Å². The number of carbonyl (C=O) groups excluding carboxylic acids is 1. The number of ether oxygens (including phenoxy) is 2. The monoisotopic (exact) mass is 172 g/mol. The Labute approximate surface area is 73.0 Å². The van der Waals surface area contributed by atoms with E-state index in [1.54, 1.807) is 0 Å². The van der Waals surface area contributed by atoms with Gasteiger partial charge in [0.2, 0.25) is 0 Å². The van der Waals surface area contributed by atoms with Gasteiger partial charge in [-0.2, -0.15) is 0 Å². The maximum Gasteiger partial charge on any atom is 0.335 e. The molecular formula is C9H16O3. The summed E-state index contributed by atoms with van der Waals surface area (Å²) < 4.78 is 10.2. The Balaban J connectivity index is 2.18. The fourth-order valence-electron chi connectivity index (χ4n) is 1.11. The lowest BCUT2D eigenvalue weighted by atomic mass is 10.2. The molecule has 0 saturated carbocycles. The van der Waals surface area contributed by atoms with Gasteiger partial charge >= 0.3 is 5.97 Å². The standard InChI is InChI=1S/C9H16O3/c1-7(2)6-12-9(10)8-4-3-5-11-8/h7-8H,3-6H2,1-2H3/t8-/m1/s1. The van der Waals surface area contributed by atoms with E-state index >= 15 is 0 Å². The van der Waals surface area contributed by atoms with Crippen molar-refractivity contribution >= 4 is 5.97 Å². The third-order valence-corrected chi connectivity index (χ3v) is 1.75. The Morgan fingerprint density at radius 1 is 1.67 bits per heavy atom. The van der Waals surface area contributed by atoms with Crippen LogP contribution >= 0.6 is 0 Å². The summed E-state index contributed by atoms with van der Waals surface area (Å²) in [5.41, 5.74) is 0. The Morgan fingerprint density at radius 2 is 2.42 bits per heavy atom. The molecule has 0 unspecified atom stereocenters. The van der Waals surface area contributed by atoms with Crippen molar-refractivity contribution < 1.29 is 14.3 Å². The Morgan fingerprint density at radius 3 is 2.92 bits per heavy atom. The minimum Gasteiger partial charge on any atom is -0.463 e. The number of carbonyl (C=O) groups is 1. The number of hydrogen-bond acceptors (Lipinski definition) is 3. The average molecular weight is 172 g/mol. The second-order valence-corrected chi connectivity index (χ2v) is 3.53. The molecule has 1 heterocycles. The fourth-order valence-corrected chi connectivity index (χ4v) is 1.11. The first-order valence-electron chi connectivity index (χ1n) is 4.48. The third-order valence-electron chi connectivity index (χ3n) is 1.75. The van der Waals surface area contributed by atoms with Crippen LogP contribution in [0.2, 0.25) is 0 Å². The molecule has 1 atom stereocenters. The smallest absolute Gasteiger partial charge is 0.335 e. The lowest BCUT2D eigenvalue weighted by molar-refractivity contribution is -0.155. The topological polar surface area (TPSA) is 35.5 Å². The van der Waals surface area contributed by atoms with E-state index in [1.807, 2.05) is 13.8 Å². The zero-order chi connectivity index (χ0) is 8.97. The van der Waals surface area contributed by atoms with Gasteiger partial charge in [0.15, 0.2) is 6.10 Å². The summed E-state index contributed by atoms with van der Waals surface area (Å²) >= 11 is 0. The number of esters is 1. The summed E-state index contributed by atoms with van der Waals surface area (Å²) in [6.45, 7) is 5.23. The van der Waals surface area contributed by atoms with Crippen LogP contribution in [-0.2, 0) is 14.3 Å². The second kappa shape index (κ2) is 4.45. The molecule has 1 aliphatic rings. The summed E-state index contributed by atoms with van der Waals surface area (Å²) in [6.07, 6.45) is 1.50. The van der Waals surface area contributed by atoms with Gasteiger partial charge in [0.1, 0.15) is 0 Å². The van der Waals surface area contributed by atoms with Gasteiger partial charge < -0.3 is 9.47 Å². The summed E-state index contributed by atoms with van der Waals surface area (Å²) in [5.74, 6) is 0.205. The largest absolute Gasteiger partial charge is 0.463 e. The second-order valence-electron chi connectivity index (χ2n) is 3.53. The van der Waals surface area contributed by atoms with Gasteiger partial charge in [0.05, 0.1) is 6.61 Å². The van der Waals surface area contributed by atoms with Crippen LogP contribution in [-0.4, -0.2) is 25.3 Å². The molecule has 0 aromatic rings. The first kappa shape index (κ1) is 9.52. The van der Waals surface area contributed by atoms with Crippen molar-refractivity contribution in [3.8, 4) is 0 Å². The van der Waals surface area contributed by atoms with Gasteiger partial charge in [0.25, 0.3) is 0 Å². The first-order chi connectivity index (χ1) is 5.70. The van der Waals surface area contributed by atoms with Gasteiger partial charge in [0, 0.05) is 6.61 Å². The van der Waals surface area contributed by atoms with Crippen LogP contribution in [0.1, 0.15) is 26.7 Å². The minimum atomic E-state index is -0.288. The molecule has 0 aromatic heterocycles. The molecule has 3 nitrogen and oxygen atoms in total. The lowest BCUT2D eigenvalue weighted by Gasteiger charge is -2.10. The highest BCUT2D eigenvalue weighted by molar-refractivity contribution is 5.74. The predicted molar refractivity (Wildman–Crippen MR) is 44.8 cm³/mol. The predicted octanol–water partition coefficient (Wildman–Crippen LogP) is 1.36. The first-order valence-corrected chi connectivity index (χ1v) is 4.48. The zero-order valence-corrected chi connectivity index (χ0v) is 7.71. The van der Waals surface area contributed by atoms with Crippen LogP contribution in [0.25, 0.3) is 0 Å². The van der Waals surface area contributed by atoms with Crippen LogP contribution in [0.5, 0.6) is 0 Å². The van der Waals surface area contributed by atoms with Crippen LogP contribution in [0, 0.1) is 5.92 Å². The van der Waals surface area contributed by atoms with Crippen molar-refractivity contribution in [1.82, 2.24) is 0 Å². The van der Waals surface area contributed by atoms with Crippen molar-refractivity contribution in [2.45, 2.75) is 32.8 Å². The quantitative estimate of drug-likeness (QED) is 0.603. The van der Waals surface area contributed by atoms with Crippen LogP contribution in [0.15, 0.2) is 0 Å². The molecular weight excluding hydrogens is 156 g/mol. The summed E-state index contributed by atoms with van der Waals surface area (Å²) in [4.78, 5) is 11.2. The maximum atomic E-state index is 11.2. The van der Waals surface area contributed by atoms with E-state index in [2.05, 4.69) is 0 Å². The Kier molecular flexibility index (Phi) is 3.53. The molecule has 1 rings (SSSR count). The summed E-state index contributed by atoms with van der Waals surface area (Å²) in [5, 5.41) is 0. The van der Waals surface area contributed by atoms with Crippen molar-refractivity contribution in [1.29, 1.82) is 0 Å². The highest BCUT2D eigenvalue weighted by Gasteiger charge is 2.24. The average Bonchev–Trinajstić information content (AvgIpc) is 2.51. The lowest BCUT2D eigenvalue weighted by Crippen LogP contribution is -2.23. The Bertz CT molecular complexity index is 148. The van der Waals surface area contributed by atoms with E-state index in [0.717, 1.165) is 12.8 Å². The molecule has 3 heteroatoms. The molecule has 0 bridgehead atoms. The van der Waals surface area contributed by atoms with Crippen molar-refractivity contribution in [3.05, 3.63) is 0 Å². The Hall–Kier alpha value is -0.570. The van der Waals surface area contributed by atoms with Gasteiger partial charge in [-0.05, 0) is 18.8 Å². The molecule has 0 radical (unpaired) electrons. The van der Waals surface area contributed by atoms with E-state index in [-0.39, 0.29) is 12.1 Å². The molecule has 1 fully saturated rings. The van der Waals surface area contributed by atoms with Crippen LogP contribution in [0.4, 0.5) is 0 Å². The number of hydrogen-bond donors (Lipinski definition) is 0. The van der Waals surface area contributed by atoms with E-state index in [9.17, 15) is 4.79 Å². The molecule has 0 aliphatic carbocycles. The molecule has 12 heavy (non-hydrogen) atoms. The minimum absolute atomic E-state index is 0.193. The molecule has 0 amide bonds. The van der Waals surface area contributed by atoms with Crippen LogP contribution in [0.3, 0.4) is 0 Å². The highest BCUT2D eigenvalue weighted by Crippen LogP contribution is 2.13. The number of rotatable bonds is 3. The third kappa shape index (κ3) is 2.81. The maximum absolute atomic E-state index is 11.2.